The second-order valence-corrected chi connectivity index (χ2v) is 14.2. The molecular weight excluding hydrogens is 432 g/mol. The van der Waals surface area contributed by atoms with Crippen molar-refractivity contribution in [2.24, 2.45) is 0 Å². The van der Waals surface area contributed by atoms with Crippen molar-refractivity contribution in [2.45, 2.75) is 63.8 Å². The third-order valence-electron chi connectivity index (χ3n) is 6.14. The Bertz CT molecular complexity index is 896. The van der Waals surface area contributed by atoms with Gasteiger partial charge in [0, 0.05) is 7.11 Å². The molecule has 6 heteroatoms. The molecule has 3 unspecified atom stereocenters. The van der Waals surface area contributed by atoms with Crippen LogP contribution < -0.4 is 10.4 Å². The smallest absolute Gasteiger partial charge is 0.261 e. The Morgan fingerprint density at radius 2 is 1.58 bits per heavy atom. The molecular formula is C27H36O5Si. The molecule has 3 rings (SSSR count). The maximum absolute atomic E-state index is 12.5. The monoisotopic (exact) mass is 468 g/mol. The van der Waals surface area contributed by atoms with Gasteiger partial charge in [0.2, 0.25) is 0 Å². The normalized spacial score (nSPS) is 21.5. The van der Waals surface area contributed by atoms with Crippen LogP contribution >= 0.6 is 0 Å². The first-order valence-electron chi connectivity index (χ1n) is 11.4. The molecule has 1 saturated heterocycles. The summed E-state index contributed by atoms with van der Waals surface area (Å²) in [5, 5.41) is 2.20. The SMILES string of the molecule is C=CC(=O)C(OC)C1OC(C)(C)OC1CO[Si](c1ccccc1)(c1ccccc1)C(C)(C)C. The van der Waals surface area contributed by atoms with Gasteiger partial charge in [-0.25, -0.2) is 0 Å². The van der Waals surface area contributed by atoms with Crippen LogP contribution in [0.1, 0.15) is 34.6 Å². The average Bonchev–Trinajstić information content (AvgIpc) is 3.09. The number of hydrogen-bond acceptors (Lipinski definition) is 5. The van der Waals surface area contributed by atoms with Gasteiger partial charge in [-0.1, -0.05) is 88.0 Å². The number of methoxy groups -OCH3 is 1. The van der Waals surface area contributed by atoms with Gasteiger partial charge in [-0.15, -0.1) is 0 Å². The lowest BCUT2D eigenvalue weighted by Crippen LogP contribution is -2.67. The summed E-state index contributed by atoms with van der Waals surface area (Å²) in [7, 11) is -1.25. The lowest BCUT2D eigenvalue weighted by atomic mass is 10.0. The van der Waals surface area contributed by atoms with Gasteiger partial charge in [-0.3, -0.25) is 4.79 Å². The molecule has 1 heterocycles. The molecule has 1 aliphatic heterocycles. The van der Waals surface area contributed by atoms with E-state index >= 15 is 0 Å². The van der Waals surface area contributed by atoms with Crippen LogP contribution in [0.15, 0.2) is 73.3 Å². The van der Waals surface area contributed by atoms with E-state index in [1.807, 2.05) is 26.0 Å². The highest BCUT2D eigenvalue weighted by atomic mass is 28.4. The van der Waals surface area contributed by atoms with Gasteiger partial charge in [0.1, 0.15) is 18.3 Å². The summed E-state index contributed by atoms with van der Waals surface area (Å²) in [5.74, 6) is -1.10. The molecule has 33 heavy (non-hydrogen) atoms. The molecule has 0 amide bonds. The molecule has 5 nitrogen and oxygen atoms in total. The fraction of sp³-hybridized carbons (Fsp3) is 0.444. The van der Waals surface area contributed by atoms with Gasteiger partial charge in [0.05, 0.1) is 6.61 Å². The van der Waals surface area contributed by atoms with Crippen molar-refractivity contribution in [1.29, 1.82) is 0 Å². The molecule has 0 radical (unpaired) electrons. The molecule has 1 fully saturated rings. The third-order valence-corrected chi connectivity index (χ3v) is 11.1. The fourth-order valence-electron chi connectivity index (χ4n) is 4.75. The zero-order valence-corrected chi connectivity index (χ0v) is 21.5. The summed E-state index contributed by atoms with van der Waals surface area (Å²) < 4.78 is 24.9. The highest BCUT2D eigenvalue weighted by molar-refractivity contribution is 6.99. The van der Waals surface area contributed by atoms with E-state index in [-0.39, 0.29) is 17.4 Å². The molecule has 0 spiro atoms. The number of rotatable bonds is 9. The standard InChI is InChI=1S/C27H36O5Si/c1-8-22(28)24(29-7)25-23(31-27(5,6)32-25)19-30-33(26(2,3)4,20-15-11-9-12-16-20)21-17-13-10-14-18-21/h8-18,23-25H,1,19H2,2-7H3. The van der Waals surface area contributed by atoms with Crippen molar-refractivity contribution in [2.75, 3.05) is 13.7 Å². The molecule has 0 N–H and O–H groups in total. The number of carbonyl (C=O) groups is 1. The van der Waals surface area contributed by atoms with Crippen LogP contribution in [0.4, 0.5) is 0 Å². The zero-order chi connectivity index (χ0) is 24.3. The van der Waals surface area contributed by atoms with Crippen molar-refractivity contribution >= 4 is 24.5 Å². The van der Waals surface area contributed by atoms with Gasteiger partial charge < -0.3 is 18.6 Å². The average molecular weight is 469 g/mol. The Labute approximate surface area is 198 Å². The predicted molar refractivity (Wildman–Crippen MR) is 133 cm³/mol. The first-order chi connectivity index (χ1) is 15.6. The summed E-state index contributed by atoms with van der Waals surface area (Å²) in [5.41, 5.74) is 0. The number of carbonyl (C=O) groups excluding carboxylic acids is 1. The molecule has 178 valence electrons. The summed E-state index contributed by atoms with van der Waals surface area (Å²) in [6, 6.07) is 20.9. The molecule has 2 aromatic carbocycles. The fourth-order valence-corrected chi connectivity index (χ4v) is 9.32. The van der Waals surface area contributed by atoms with Gasteiger partial charge in [0.25, 0.3) is 8.32 Å². The number of hydrogen-bond donors (Lipinski definition) is 0. The van der Waals surface area contributed by atoms with E-state index in [2.05, 4.69) is 75.9 Å². The highest BCUT2D eigenvalue weighted by Gasteiger charge is 2.53. The first-order valence-corrected chi connectivity index (χ1v) is 13.3. The minimum atomic E-state index is -2.75. The van der Waals surface area contributed by atoms with Gasteiger partial charge in [-0.05, 0) is 35.3 Å². The quantitative estimate of drug-likeness (QED) is 0.413. The molecule has 2 aromatic rings. The van der Waals surface area contributed by atoms with Gasteiger partial charge in [0.15, 0.2) is 11.6 Å². The van der Waals surface area contributed by atoms with E-state index in [0.29, 0.717) is 0 Å². The van der Waals surface area contributed by atoms with E-state index in [9.17, 15) is 4.79 Å². The Balaban J connectivity index is 2.03. The number of benzene rings is 2. The lowest BCUT2D eigenvalue weighted by molar-refractivity contribution is -0.161. The second-order valence-electron chi connectivity index (χ2n) is 9.88. The molecule has 0 aliphatic carbocycles. The van der Waals surface area contributed by atoms with E-state index in [1.165, 1.54) is 23.6 Å². The molecule has 0 aromatic heterocycles. The molecule has 3 atom stereocenters. The Kier molecular flexibility index (Phi) is 7.76. The van der Waals surface area contributed by atoms with Crippen LogP contribution in [0, 0.1) is 0 Å². The maximum Gasteiger partial charge on any atom is 0.261 e. The predicted octanol–water partition coefficient (Wildman–Crippen LogP) is 3.85. The van der Waals surface area contributed by atoms with Gasteiger partial charge in [-0.2, -0.15) is 0 Å². The highest BCUT2D eigenvalue weighted by Crippen LogP contribution is 2.38. The van der Waals surface area contributed by atoms with Crippen LogP contribution in [0.2, 0.25) is 5.04 Å². The van der Waals surface area contributed by atoms with E-state index in [1.54, 1.807) is 0 Å². The van der Waals surface area contributed by atoms with Crippen LogP contribution in [0.5, 0.6) is 0 Å². The van der Waals surface area contributed by atoms with Crippen molar-refractivity contribution in [3.8, 4) is 0 Å². The third kappa shape index (κ3) is 5.20. The minimum Gasteiger partial charge on any atom is -0.405 e. The van der Waals surface area contributed by atoms with Crippen LogP contribution in [-0.4, -0.2) is 51.9 Å². The Morgan fingerprint density at radius 1 is 1.06 bits per heavy atom. The Hall–Kier alpha value is -2.09. The van der Waals surface area contributed by atoms with Crippen molar-refractivity contribution < 1.29 is 23.4 Å². The zero-order valence-electron chi connectivity index (χ0n) is 20.5. The van der Waals surface area contributed by atoms with Crippen molar-refractivity contribution in [3.05, 3.63) is 73.3 Å². The van der Waals surface area contributed by atoms with E-state index < -0.39 is 32.4 Å². The summed E-state index contributed by atoms with van der Waals surface area (Å²) in [6.07, 6.45) is -0.621. The molecule has 0 bridgehead atoms. The van der Waals surface area contributed by atoms with Crippen molar-refractivity contribution in [3.63, 3.8) is 0 Å². The first kappa shape index (κ1) is 25.5. The maximum atomic E-state index is 12.5. The number of ether oxygens (including phenoxy) is 3. The lowest BCUT2D eigenvalue weighted by Gasteiger charge is -2.43. The van der Waals surface area contributed by atoms with Crippen LogP contribution in [0.3, 0.4) is 0 Å². The topological polar surface area (TPSA) is 54.0 Å². The second kappa shape index (κ2) is 10.0. The van der Waals surface area contributed by atoms with Crippen LogP contribution in [-0.2, 0) is 23.4 Å². The molecule has 0 saturated carbocycles. The summed E-state index contributed by atoms with van der Waals surface area (Å²) >= 11 is 0. The number of ketones is 1. The van der Waals surface area contributed by atoms with E-state index in [4.69, 9.17) is 18.6 Å². The summed E-state index contributed by atoms with van der Waals surface area (Å²) in [6.45, 7) is 14.2. The van der Waals surface area contributed by atoms with E-state index in [0.717, 1.165) is 0 Å². The molecule has 1 aliphatic rings. The largest absolute Gasteiger partial charge is 0.405 e. The Morgan fingerprint density at radius 3 is 2.00 bits per heavy atom. The van der Waals surface area contributed by atoms with Crippen LogP contribution in [0.25, 0.3) is 0 Å². The minimum absolute atomic E-state index is 0.169. The summed E-state index contributed by atoms with van der Waals surface area (Å²) in [4.78, 5) is 12.5. The van der Waals surface area contributed by atoms with Gasteiger partial charge >= 0.3 is 0 Å². The van der Waals surface area contributed by atoms with Crippen molar-refractivity contribution in [1.82, 2.24) is 0 Å².